The minimum Gasteiger partial charge on any atom is -0.388 e. The van der Waals surface area contributed by atoms with Crippen molar-refractivity contribution in [2.45, 2.75) is 25.4 Å². The predicted octanol–water partition coefficient (Wildman–Crippen LogP) is 0.565. The summed E-state index contributed by atoms with van der Waals surface area (Å²) in [6.07, 6.45) is 3.09. The molecule has 0 spiro atoms. The lowest BCUT2D eigenvalue weighted by molar-refractivity contribution is -0.00543. The summed E-state index contributed by atoms with van der Waals surface area (Å²) in [5.74, 6) is 0.933. The van der Waals surface area contributed by atoms with Gasteiger partial charge in [-0.25, -0.2) is 9.97 Å². The summed E-state index contributed by atoms with van der Waals surface area (Å²) in [5, 5.41) is 16.1. The van der Waals surface area contributed by atoms with E-state index in [0.717, 1.165) is 48.5 Å². The van der Waals surface area contributed by atoms with Gasteiger partial charge in [-0.3, -0.25) is 4.68 Å². The van der Waals surface area contributed by atoms with Gasteiger partial charge in [0.2, 0.25) is 0 Å². The van der Waals surface area contributed by atoms with E-state index in [4.69, 9.17) is 0 Å². The average Bonchev–Trinajstić information content (AvgIpc) is 2.74. The zero-order chi connectivity index (χ0) is 15.9. The quantitative estimate of drug-likeness (QED) is 0.894. The van der Waals surface area contributed by atoms with Gasteiger partial charge in [-0.1, -0.05) is 0 Å². The van der Waals surface area contributed by atoms with Crippen molar-refractivity contribution in [1.29, 1.82) is 0 Å². The predicted molar refractivity (Wildman–Crippen MR) is 86.0 cm³/mol. The third kappa shape index (κ3) is 2.66. The van der Waals surface area contributed by atoms with Crippen LogP contribution in [0.3, 0.4) is 0 Å². The van der Waals surface area contributed by atoms with E-state index < -0.39 is 5.60 Å². The Morgan fingerprint density at radius 3 is 2.59 bits per heavy atom. The number of aryl methyl sites for hydroxylation is 2. The molecule has 0 radical (unpaired) electrons. The van der Waals surface area contributed by atoms with Crippen LogP contribution < -0.4 is 4.90 Å². The molecule has 2 aromatic rings. The Morgan fingerprint density at radius 2 is 1.95 bits per heavy atom. The molecule has 2 aromatic heterocycles. The van der Waals surface area contributed by atoms with Crippen LogP contribution in [0.1, 0.15) is 18.5 Å². The number of hydrogen-bond acceptors (Lipinski definition) is 6. The van der Waals surface area contributed by atoms with Gasteiger partial charge in [0.15, 0.2) is 5.65 Å². The summed E-state index contributed by atoms with van der Waals surface area (Å²) < 4.78 is 1.79. The molecule has 22 heavy (non-hydrogen) atoms. The minimum atomic E-state index is -0.601. The van der Waals surface area contributed by atoms with Crippen molar-refractivity contribution >= 4 is 16.9 Å². The summed E-state index contributed by atoms with van der Waals surface area (Å²) in [6.45, 7) is 4.28. The van der Waals surface area contributed by atoms with Gasteiger partial charge in [0.05, 0.1) is 16.7 Å². The van der Waals surface area contributed by atoms with Crippen molar-refractivity contribution in [3.05, 3.63) is 12.0 Å². The smallest absolute Gasteiger partial charge is 0.163 e. The summed E-state index contributed by atoms with van der Waals surface area (Å²) in [6, 6.07) is 0. The molecule has 7 heteroatoms. The molecule has 7 nitrogen and oxygen atoms in total. The van der Waals surface area contributed by atoms with Gasteiger partial charge < -0.3 is 14.9 Å². The van der Waals surface area contributed by atoms with Crippen LogP contribution in [-0.4, -0.2) is 69.1 Å². The fourth-order valence-electron chi connectivity index (χ4n) is 3.38. The maximum atomic E-state index is 10.7. The highest BCUT2D eigenvalue weighted by Crippen LogP contribution is 2.30. The third-order valence-corrected chi connectivity index (χ3v) is 4.38. The standard InChI is InChI=1S/C15H24N6O/c1-11-12-13(20(4)18-11)16-10-17-14(12)21-7-5-15(22,6-8-21)9-19(2)3/h10,22H,5-9H2,1-4H3. The van der Waals surface area contributed by atoms with E-state index in [0.29, 0.717) is 6.54 Å². The number of rotatable bonds is 3. The highest BCUT2D eigenvalue weighted by atomic mass is 16.3. The molecule has 0 unspecified atom stereocenters. The monoisotopic (exact) mass is 304 g/mol. The molecule has 0 bridgehead atoms. The van der Waals surface area contributed by atoms with Crippen molar-refractivity contribution < 1.29 is 5.11 Å². The summed E-state index contributed by atoms with van der Waals surface area (Å²) in [4.78, 5) is 13.1. The molecular weight excluding hydrogens is 280 g/mol. The van der Waals surface area contributed by atoms with Crippen molar-refractivity contribution in [2.75, 3.05) is 38.6 Å². The minimum absolute atomic E-state index is 0.601. The van der Waals surface area contributed by atoms with E-state index in [1.807, 2.05) is 33.0 Å². The third-order valence-electron chi connectivity index (χ3n) is 4.38. The fourth-order valence-corrected chi connectivity index (χ4v) is 3.38. The highest BCUT2D eigenvalue weighted by molar-refractivity contribution is 5.89. The summed E-state index contributed by atoms with van der Waals surface area (Å²) in [7, 11) is 5.90. The second kappa shape index (κ2) is 5.48. The van der Waals surface area contributed by atoms with Crippen LogP contribution in [0.4, 0.5) is 5.82 Å². The molecule has 1 aliphatic heterocycles. The molecule has 0 aliphatic carbocycles. The Hall–Kier alpha value is -1.73. The molecule has 1 N–H and O–H groups in total. The second-order valence-corrected chi connectivity index (χ2v) is 6.55. The Kier molecular flexibility index (Phi) is 3.78. The Balaban J connectivity index is 1.85. The van der Waals surface area contributed by atoms with Gasteiger partial charge in [0.25, 0.3) is 0 Å². The molecule has 0 amide bonds. The molecule has 0 aromatic carbocycles. The first-order chi connectivity index (χ1) is 10.4. The number of likely N-dealkylation sites (N-methyl/N-ethyl adjacent to an activating group) is 1. The van der Waals surface area contributed by atoms with Crippen molar-refractivity contribution in [3.63, 3.8) is 0 Å². The van der Waals surface area contributed by atoms with Crippen LogP contribution in [0.25, 0.3) is 11.0 Å². The molecular formula is C15H24N6O. The number of anilines is 1. The lowest BCUT2D eigenvalue weighted by atomic mass is 9.91. The topological polar surface area (TPSA) is 70.3 Å². The van der Waals surface area contributed by atoms with E-state index in [2.05, 4.69) is 20.0 Å². The van der Waals surface area contributed by atoms with Crippen LogP contribution in [0.5, 0.6) is 0 Å². The zero-order valence-electron chi connectivity index (χ0n) is 13.7. The van der Waals surface area contributed by atoms with Crippen molar-refractivity contribution in [3.8, 4) is 0 Å². The first-order valence-corrected chi connectivity index (χ1v) is 7.66. The number of aromatic nitrogens is 4. The largest absolute Gasteiger partial charge is 0.388 e. The van der Waals surface area contributed by atoms with Crippen LogP contribution >= 0.6 is 0 Å². The Morgan fingerprint density at radius 1 is 1.27 bits per heavy atom. The fraction of sp³-hybridized carbons (Fsp3) is 0.667. The molecule has 3 rings (SSSR count). The number of aliphatic hydroxyl groups is 1. The Bertz CT molecular complexity index is 672. The SMILES string of the molecule is Cc1nn(C)c2ncnc(N3CCC(O)(CN(C)C)CC3)c12. The number of nitrogens with zero attached hydrogens (tertiary/aromatic N) is 6. The summed E-state index contributed by atoms with van der Waals surface area (Å²) in [5.41, 5.74) is 1.20. The van der Waals surface area contributed by atoms with Gasteiger partial charge in [0, 0.05) is 26.7 Å². The van der Waals surface area contributed by atoms with Crippen LogP contribution in [0.2, 0.25) is 0 Å². The number of fused-ring (bicyclic) bond motifs is 1. The average molecular weight is 304 g/mol. The van der Waals surface area contributed by atoms with Crippen LogP contribution in [-0.2, 0) is 7.05 Å². The maximum absolute atomic E-state index is 10.7. The van der Waals surface area contributed by atoms with Gasteiger partial charge in [-0.15, -0.1) is 0 Å². The molecule has 1 saturated heterocycles. The molecule has 1 fully saturated rings. The lowest BCUT2D eigenvalue weighted by Crippen LogP contribution is -2.49. The van der Waals surface area contributed by atoms with Gasteiger partial charge in [-0.05, 0) is 33.9 Å². The van der Waals surface area contributed by atoms with Gasteiger partial charge >= 0.3 is 0 Å². The van der Waals surface area contributed by atoms with E-state index in [-0.39, 0.29) is 0 Å². The van der Waals surface area contributed by atoms with E-state index in [1.165, 1.54) is 0 Å². The van der Waals surface area contributed by atoms with E-state index in [9.17, 15) is 5.11 Å². The van der Waals surface area contributed by atoms with Crippen molar-refractivity contribution in [1.82, 2.24) is 24.6 Å². The van der Waals surface area contributed by atoms with E-state index in [1.54, 1.807) is 11.0 Å². The van der Waals surface area contributed by atoms with Crippen LogP contribution in [0.15, 0.2) is 6.33 Å². The van der Waals surface area contributed by atoms with Crippen molar-refractivity contribution in [2.24, 2.45) is 7.05 Å². The lowest BCUT2D eigenvalue weighted by Gasteiger charge is -2.40. The number of hydrogen-bond donors (Lipinski definition) is 1. The first kappa shape index (κ1) is 15.2. The molecule has 3 heterocycles. The molecule has 0 atom stereocenters. The first-order valence-electron chi connectivity index (χ1n) is 7.66. The molecule has 120 valence electrons. The van der Waals surface area contributed by atoms with E-state index >= 15 is 0 Å². The normalized spacial score (nSPS) is 18.4. The van der Waals surface area contributed by atoms with Gasteiger partial charge in [0.1, 0.15) is 12.1 Å². The van der Waals surface area contributed by atoms with Gasteiger partial charge in [-0.2, -0.15) is 5.10 Å². The number of piperidine rings is 1. The second-order valence-electron chi connectivity index (χ2n) is 6.55. The highest BCUT2D eigenvalue weighted by Gasteiger charge is 2.34. The summed E-state index contributed by atoms with van der Waals surface area (Å²) >= 11 is 0. The molecule has 0 saturated carbocycles. The molecule has 1 aliphatic rings. The van der Waals surface area contributed by atoms with Crippen LogP contribution in [0, 0.1) is 6.92 Å². The Labute approximate surface area is 130 Å². The maximum Gasteiger partial charge on any atom is 0.163 e. The zero-order valence-corrected chi connectivity index (χ0v) is 13.7.